The third kappa shape index (κ3) is 2.92. The predicted octanol–water partition coefficient (Wildman–Crippen LogP) is 0.186. The molecular formula is C20H13N2O7-. The van der Waals surface area contributed by atoms with Crippen LogP contribution in [0.3, 0.4) is 0 Å². The zero-order valence-electron chi connectivity index (χ0n) is 15.0. The van der Waals surface area contributed by atoms with E-state index in [1.165, 1.54) is 43.5 Å². The molecule has 0 unspecified atom stereocenters. The molecule has 9 nitrogen and oxygen atoms in total. The Kier molecular flexibility index (Phi) is 4.34. The van der Waals surface area contributed by atoms with Crippen molar-refractivity contribution in [2.45, 2.75) is 6.10 Å². The predicted molar refractivity (Wildman–Crippen MR) is 96.4 cm³/mol. The van der Waals surface area contributed by atoms with Crippen LogP contribution in [0, 0.1) is 5.92 Å². The van der Waals surface area contributed by atoms with Crippen molar-refractivity contribution in [2.24, 2.45) is 11.1 Å². The fraction of sp³-hybridized carbons (Fsp3) is 0.150. The van der Waals surface area contributed by atoms with Crippen LogP contribution in [0.25, 0.3) is 0 Å². The van der Waals surface area contributed by atoms with Gasteiger partial charge < -0.3 is 19.5 Å². The topological polar surface area (TPSA) is 125 Å². The molecule has 0 bridgehead atoms. The number of carboxylic acid groups (broad SMARTS) is 1. The van der Waals surface area contributed by atoms with Crippen LogP contribution in [0.1, 0.15) is 20.7 Å². The number of ether oxygens (including phenoxy) is 1. The Labute approximate surface area is 164 Å². The van der Waals surface area contributed by atoms with Crippen molar-refractivity contribution < 1.29 is 33.9 Å². The molecule has 1 fully saturated rings. The summed E-state index contributed by atoms with van der Waals surface area (Å²) >= 11 is 0. The number of rotatable bonds is 5. The largest absolute Gasteiger partial charge is 0.545 e. The van der Waals surface area contributed by atoms with E-state index in [0.29, 0.717) is 5.75 Å². The zero-order chi connectivity index (χ0) is 20.7. The van der Waals surface area contributed by atoms with E-state index in [2.05, 4.69) is 5.16 Å². The summed E-state index contributed by atoms with van der Waals surface area (Å²) in [5, 5.41) is 14.6. The molecule has 0 N–H and O–H groups in total. The Morgan fingerprint density at radius 1 is 1.00 bits per heavy atom. The van der Waals surface area contributed by atoms with Crippen molar-refractivity contribution in [1.29, 1.82) is 0 Å². The molecule has 146 valence electrons. The number of hydrogen-bond donors (Lipinski definition) is 0. The van der Waals surface area contributed by atoms with E-state index in [1.807, 2.05) is 0 Å². The first-order valence-electron chi connectivity index (χ1n) is 8.54. The van der Waals surface area contributed by atoms with E-state index in [4.69, 9.17) is 9.57 Å². The molecule has 2 aliphatic rings. The number of benzene rings is 2. The van der Waals surface area contributed by atoms with Crippen molar-refractivity contribution in [3.05, 3.63) is 59.7 Å². The summed E-state index contributed by atoms with van der Waals surface area (Å²) in [5.74, 6) is -3.87. The number of amides is 2. The second-order valence-corrected chi connectivity index (χ2v) is 6.38. The average molecular weight is 393 g/mol. The molecule has 2 aliphatic heterocycles. The third-order valence-electron chi connectivity index (χ3n) is 4.76. The van der Waals surface area contributed by atoms with Gasteiger partial charge in [0.1, 0.15) is 17.4 Å². The number of Topliss-reactive ketones (excluding diaryl/α,β-unsaturated/α-hetero) is 1. The minimum atomic E-state index is -1.38. The zero-order valence-corrected chi connectivity index (χ0v) is 15.0. The maximum atomic E-state index is 12.9. The van der Waals surface area contributed by atoms with Gasteiger partial charge in [0.05, 0.1) is 18.8 Å². The fourth-order valence-corrected chi connectivity index (χ4v) is 3.26. The molecule has 4 rings (SSSR count). The number of nitrogens with zero attached hydrogens (tertiary/aromatic N) is 2. The number of methoxy groups -OCH3 is 1. The molecule has 2 atom stereocenters. The maximum Gasteiger partial charge on any atom is 0.278 e. The highest BCUT2D eigenvalue weighted by molar-refractivity contribution is 6.52. The van der Waals surface area contributed by atoms with E-state index in [1.54, 1.807) is 12.1 Å². The first-order valence-corrected chi connectivity index (χ1v) is 8.54. The van der Waals surface area contributed by atoms with Crippen LogP contribution in [0.2, 0.25) is 0 Å². The number of carbonyl (C=O) groups is 4. The van der Waals surface area contributed by atoms with Gasteiger partial charge in [-0.1, -0.05) is 17.3 Å². The molecule has 9 heteroatoms. The van der Waals surface area contributed by atoms with Crippen LogP contribution < -0.4 is 14.7 Å². The van der Waals surface area contributed by atoms with Crippen LogP contribution in [0.15, 0.2) is 53.7 Å². The van der Waals surface area contributed by atoms with E-state index in [9.17, 15) is 24.3 Å². The smallest absolute Gasteiger partial charge is 0.278 e. The highest BCUT2D eigenvalue weighted by atomic mass is 16.7. The monoisotopic (exact) mass is 393 g/mol. The number of oxime groups is 1. The Balaban J connectivity index is 1.61. The molecule has 2 amide bonds. The fourth-order valence-electron chi connectivity index (χ4n) is 3.26. The minimum absolute atomic E-state index is 0.0961. The van der Waals surface area contributed by atoms with Crippen molar-refractivity contribution in [2.75, 3.05) is 12.0 Å². The van der Waals surface area contributed by atoms with Gasteiger partial charge in [-0.15, -0.1) is 0 Å². The highest BCUT2D eigenvalue weighted by Gasteiger charge is 2.57. The summed E-state index contributed by atoms with van der Waals surface area (Å²) in [6.07, 6.45) is -1.24. The molecule has 2 heterocycles. The number of carboxylic acids is 1. The van der Waals surface area contributed by atoms with E-state index in [-0.39, 0.29) is 22.5 Å². The van der Waals surface area contributed by atoms with E-state index < -0.39 is 35.6 Å². The molecular weight excluding hydrogens is 380 g/mol. The second kappa shape index (κ2) is 6.86. The van der Waals surface area contributed by atoms with E-state index >= 15 is 0 Å². The Morgan fingerprint density at radius 3 is 2.21 bits per heavy atom. The third-order valence-corrected chi connectivity index (χ3v) is 4.76. The van der Waals surface area contributed by atoms with Gasteiger partial charge in [-0.05, 0) is 42.0 Å². The van der Waals surface area contributed by atoms with Gasteiger partial charge in [0.2, 0.25) is 17.8 Å². The van der Waals surface area contributed by atoms with Crippen LogP contribution in [0.5, 0.6) is 5.75 Å². The Morgan fingerprint density at radius 2 is 1.62 bits per heavy atom. The molecule has 0 saturated carbocycles. The van der Waals surface area contributed by atoms with Crippen molar-refractivity contribution >= 4 is 35.0 Å². The van der Waals surface area contributed by atoms with Gasteiger partial charge in [-0.3, -0.25) is 14.4 Å². The van der Waals surface area contributed by atoms with Gasteiger partial charge in [-0.25, -0.2) is 4.90 Å². The standard InChI is InChI=1S/C20H14N2O7/c1-28-13-8-4-10(5-9-13)16(23)15-14-17(29-21-15)19(25)22(18(14)24)12-6-2-11(3-7-12)20(26)27/h2-9,14,17H,1H3,(H,26,27)/p-1/t14-,17-/m0/s1. The lowest BCUT2D eigenvalue weighted by Gasteiger charge is -2.16. The molecule has 29 heavy (non-hydrogen) atoms. The second-order valence-electron chi connectivity index (χ2n) is 6.38. The van der Waals surface area contributed by atoms with Crippen LogP contribution in [-0.2, 0) is 14.4 Å². The molecule has 0 spiro atoms. The first-order chi connectivity index (χ1) is 13.9. The molecule has 0 radical (unpaired) electrons. The summed E-state index contributed by atoms with van der Waals surface area (Å²) in [5.41, 5.74) is 0.179. The molecule has 0 aromatic heterocycles. The van der Waals surface area contributed by atoms with Crippen LogP contribution in [-0.4, -0.2) is 42.5 Å². The summed E-state index contributed by atoms with van der Waals surface area (Å²) in [7, 11) is 1.49. The normalized spacial score (nSPS) is 20.2. The molecule has 0 aliphatic carbocycles. The lowest BCUT2D eigenvalue weighted by molar-refractivity contribution is -0.255. The molecule has 1 saturated heterocycles. The Hall–Kier alpha value is -4.01. The van der Waals surface area contributed by atoms with Crippen LogP contribution in [0.4, 0.5) is 5.69 Å². The highest BCUT2D eigenvalue weighted by Crippen LogP contribution is 2.34. The molecule has 2 aromatic rings. The van der Waals surface area contributed by atoms with Gasteiger partial charge in [0.15, 0.2) is 0 Å². The average Bonchev–Trinajstić information content (AvgIpc) is 3.28. The summed E-state index contributed by atoms with van der Waals surface area (Å²) in [6, 6.07) is 11.3. The van der Waals surface area contributed by atoms with E-state index in [0.717, 1.165) is 4.90 Å². The quantitative estimate of drug-likeness (QED) is 0.524. The number of imide groups is 1. The van der Waals surface area contributed by atoms with Crippen molar-refractivity contribution in [3.8, 4) is 5.75 Å². The van der Waals surface area contributed by atoms with Gasteiger partial charge in [0, 0.05) is 5.56 Å². The minimum Gasteiger partial charge on any atom is -0.545 e. The number of ketones is 1. The van der Waals surface area contributed by atoms with Gasteiger partial charge >= 0.3 is 0 Å². The first kappa shape index (κ1) is 18.4. The van der Waals surface area contributed by atoms with Crippen LogP contribution >= 0.6 is 0 Å². The maximum absolute atomic E-state index is 12.9. The van der Waals surface area contributed by atoms with Crippen molar-refractivity contribution in [3.63, 3.8) is 0 Å². The number of fused-ring (bicyclic) bond motifs is 1. The summed E-state index contributed by atoms with van der Waals surface area (Å²) in [4.78, 5) is 55.2. The van der Waals surface area contributed by atoms with Gasteiger partial charge in [0.25, 0.3) is 5.91 Å². The Bertz CT molecular complexity index is 1060. The number of aromatic carboxylic acids is 1. The SMILES string of the molecule is COc1ccc(C(=O)C2=NO[C@@H]3C(=O)N(c4ccc(C(=O)[O-])cc4)C(=O)[C@@H]23)cc1. The van der Waals surface area contributed by atoms with Gasteiger partial charge in [-0.2, -0.15) is 0 Å². The lowest BCUT2D eigenvalue weighted by atomic mass is 9.93. The summed E-state index contributed by atoms with van der Waals surface area (Å²) < 4.78 is 5.05. The van der Waals surface area contributed by atoms with Crippen molar-refractivity contribution in [1.82, 2.24) is 0 Å². The number of carbonyl (C=O) groups excluding carboxylic acids is 4. The summed E-state index contributed by atoms with van der Waals surface area (Å²) in [6.45, 7) is 0. The lowest BCUT2D eigenvalue weighted by Crippen LogP contribution is -2.34. The molecule has 2 aromatic carbocycles. The number of hydrogen-bond acceptors (Lipinski definition) is 8. The number of anilines is 1.